The van der Waals surface area contributed by atoms with Crippen LogP contribution in [0.5, 0.6) is 0 Å². The summed E-state index contributed by atoms with van der Waals surface area (Å²) in [6.45, 7) is 14.9. The van der Waals surface area contributed by atoms with Crippen LogP contribution in [0.3, 0.4) is 0 Å². The molecule has 280 valence electrons. The summed E-state index contributed by atoms with van der Waals surface area (Å²) in [6.07, 6.45) is 6.07. The maximum atomic E-state index is 7.36. The first-order valence-electron chi connectivity index (χ1n) is 18.5. The molecule has 0 saturated carbocycles. The molecule has 0 heterocycles. The molecule has 0 fully saturated rings. The Hall–Kier alpha value is -2.80. The van der Waals surface area contributed by atoms with Gasteiger partial charge in [0.05, 0.1) is 25.3 Å². The maximum absolute atomic E-state index is 7.36. The zero-order valence-corrected chi connectivity index (χ0v) is 36.2. The van der Waals surface area contributed by atoms with Gasteiger partial charge in [-0.15, -0.1) is 0 Å². The van der Waals surface area contributed by atoms with Gasteiger partial charge in [-0.3, -0.25) is 0 Å². The van der Waals surface area contributed by atoms with Crippen molar-refractivity contribution in [1.29, 1.82) is 0 Å². The Morgan fingerprint density at radius 2 is 0.942 bits per heavy atom. The number of nitrogens with zero attached hydrogens (tertiary/aromatic N) is 1. The molecule has 4 rings (SSSR count). The van der Waals surface area contributed by atoms with Crippen molar-refractivity contribution in [3.8, 4) is 0 Å². The minimum atomic E-state index is -2.72. The molecule has 4 aromatic carbocycles. The van der Waals surface area contributed by atoms with Crippen molar-refractivity contribution in [2.24, 2.45) is 10.7 Å². The molecule has 0 bridgehead atoms. The van der Waals surface area contributed by atoms with E-state index in [1.54, 1.807) is 0 Å². The average molecular weight is 772 g/mol. The largest absolute Gasteiger partial charge is 0.405 e. The molecule has 9 heteroatoms. The summed E-state index contributed by atoms with van der Waals surface area (Å²) >= 11 is 3.67. The predicted molar refractivity (Wildman–Crippen MR) is 235 cm³/mol. The summed E-state index contributed by atoms with van der Waals surface area (Å²) in [6, 6.07) is 43.2. The van der Waals surface area contributed by atoms with E-state index in [1.807, 2.05) is 23.5 Å². The average Bonchev–Trinajstić information content (AvgIpc) is 3.13. The highest BCUT2D eigenvalue weighted by Crippen LogP contribution is 2.38. The van der Waals surface area contributed by atoms with E-state index >= 15 is 0 Å². The first kappa shape index (κ1) is 42.0. The predicted octanol–water partition coefficient (Wildman–Crippen LogP) is 7.29. The Balaban J connectivity index is 1.64. The van der Waals surface area contributed by atoms with Crippen molar-refractivity contribution >= 4 is 66.9 Å². The molecule has 0 radical (unpaired) electrons. The summed E-state index contributed by atoms with van der Waals surface area (Å²) in [5.74, 6) is 2.41. The lowest BCUT2D eigenvalue weighted by Crippen LogP contribution is -2.67. The normalized spacial score (nSPS) is 14.2. The molecule has 3 N–H and O–H groups in total. The molecule has 0 aliphatic carbocycles. The van der Waals surface area contributed by atoms with E-state index in [0.717, 1.165) is 24.3 Å². The Bertz CT molecular complexity index is 1550. The molecule has 0 aliphatic rings. The third-order valence-electron chi connectivity index (χ3n) is 9.83. The van der Waals surface area contributed by atoms with Gasteiger partial charge in [0.1, 0.15) is 0 Å². The number of rotatable bonds is 18. The number of nitrogens with one attached hydrogen (secondary N) is 1. The van der Waals surface area contributed by atoms with Gasteiger partial charge in [0.2, 0.25) is 0 Å². The maximum Gasteiger partial charge on any atom is 0.261 e. The fourth-order valence-corrected chi connectivity index (χ4v) is 17.5. The van der Waals surface area contributed by atoms with E-state index < -0.39 is 16.6 Å². The zero-order valence-electron chi connectivity index (χ0n) is 32.6. The van der Waals surface area contributed by atoms with Crippen molar-refractivity contribution in [1.82, 2.24) is 5.32 Å². The number of nitrogens with two attached hydrogens (primary N) is 1. The highest BCUT2D eigenvalue weighted by molar-refractivity contribution is 7.98. The highest BCUT2D eigenvalue weighted by Gasteiger charge is 2.51. The standard InChI is InChI=1S/C43H61N3O2S2Si2/c1-42(2,3)51(37-21-13-9-14-22-37,38-23-15-10-16-24-38)47-33-35(29-31-49-7)45-41(44)46-36(30-32-50-8)34-48-52(43(4,5)6,39-25-17-11-18-26-39)40-27-19-12-20-28-40/h9-28,35-36H,29-34H2,1-8H3,(H3,44,45,46)/t35-,36-/m0/s1. The summed E-state index contributed by atoms with van der Waals surface area (Å²) in [7, 11) is -5.44. The van der Waals surface area contributed by atoms with Crippen LogP contribution in [0.2, 0.25) is 10.1 Å². The first-order valence-corrected chi connectivity index (χ1v) is 25.1. The van der Waals surface area contributed by atoms with Crippen LogP contribution in [-0.4, -0.2) is 71.9 Å². The fourth-order valence-electron chi connectivity index (χ4n) is 7.31. The van der Waals surface area contributed by atoms with Gasteiger partial charge in [-0.1, -0.05) is 163 Å². The quantitative estimate of drug-likeness (QED) is 0.0630. The van der Waals surface area contributed by atoms with Gasteiger partial charge in [0.15, 0.2) is 5.96 Å². The molecule has 0 saturated heterocycles. The van der Waals surface area contributed by atoms with Crippen LogP contribution in [0.25, 0.3) is 0 Å². The Morgan fingerprint density at radius 3 is 1.29 bits per heavy atom. The van der Waals surface area contributed by atoms with Crippen molar-refractivity contribution in [2.75, 3.05) is 37.2 Å². The van der Waals surface area contributed by atoms with Crippen LogP contribution < -0.4 is 31.8 Å². The van der Waals surface area contributed by atoms with Crippen LogP contribution >= 0.6 is 23.5 Å². The number of guanidine groups is 1. The van der Waals surface area contributed by atoms with E-state index in [0.29, 0.717) is 19.2 Å². The lowest BCUT2D eigenvalue weighted by molar-refractivity contribution is 0.257. The third-order valence-corrected chi connectivity index (χ3v) is 21.1. The Morgan fingerprint density at radius 1 is 0.596 bits per heavy atom. The zero-order chi connectivity index (χ0) is 37.7. The third kappa shape index (κ3) is 10.2. The molecule has 4 aromatic rings. The number of hydrogen-bond acceptors (Lipinski definition) is 5. The van der Waals surface area contributed by atoms with Crippen LogP contribution in [0.15, 0.2) is 126 Å². The molecule has 0 unspecified atom stereocenters. The van der Waals surface area contributed by atoms with Gasteiger partial charge < -0.3 is 19.9 Å². The molecule has 0 spiro atoms. The topological polar surface area (TPSA) is 68.9 Å². The van der Waals surface area contributed by atoms with Crippen molar-refractivity contribution in [2.45, 2.75) is 76.5 Å². The van der Waals surface area contributed by atoms with Crippen LogP contribution in [0, 0.1) is 0 Å². The van der Waals surface area contributed by atoms with Gasteiger partial charge in [-0.25, -0.2) is 4.99 Å². The number of aliphatic imine (C=N–C) groups is 1. The molecule has 0 aromatic heterocycles. The second kappa shape index (κ2) is 19.5. The molecule has 0 aliphatic heterocycles. The van der Waals surface area contributed by atoms with Crippen molar-refractivity contribution in [3.63, 3.8) is 0 Å². The smallest absolute Gasteiger partial charge is 0.261 e. The number of benzene rings is 4. The van der Waals surface area contributed by atoms with E-state index in [1.165, 1.54) is 20.7 Å². The Kier molecular flexibility index (Phi) is 15.7. The Labute approximate surface area is 325 Å². The lowest BCUT2D eigenvalue weighted by atomic mass is 10.2. The van der Waals surface area contributed by atoms with Crippen LogP contribution in [-0.2, 0) is 8.85 Å². The van der Waals surface area contributed by atoms with Crippen LogP contribution in [0.1, 0.15) is 54.4 Å². The minimum absolute atomic E-state index is 0.00311. The van der Waals surface area contributed by atoms with Gasteiger partial charge in [-0.05, 0) is 67.7 Å². The molecule has 5 nitrogen and oxygen atoms in total. The molecule has 52 heavy (non-hydrogen) atoms. The highest BCUT2D eigenvalue weighted by atomic mass is 32.2. The summed E-state index contributed by atoms with van der Waals surface area (Å²) < 4.78 is 14.7. The number of thioether (sulfide) groups is 2. The summed E-state index contributed by atoms with van der Waals surface area (Å²) in [4.78, 5) is 5.16. The van der Waals surface area contributed by atoms with Crippen LogP contribution in [0.4, 0.5) is 0 Å². The van der Waals surface area contributed by atoms with E-state index in [4.69, 9.17) is 19.6 Å². The van der Waals surface area contributed by atoms with Gasteiger partial charge >= 0.3 is 0 Å². The molecular weight excluding hydrogens is 711 g/mol. The second-order valence-corrected chi connectivity index (χ2v) is 26.1. The van der Waals surface area contributed by atoms with Gasteiger partial charge in [0.25, 0.3) is 16.6 Å². The van der Waals surface area contributed by atoms with Crippen molar-refractivity contribution < 1.29 is 8.85 Å². The SMILES string of the molecule is CSCC[C@@H](CO[Si](c1ccccc1)(c1ccccc1)C(C)(C)C)N=C(N)N[C@@H](CCSC)CO[Si](c1ccccc1)(c1ccccc1)C(C)(C)C. The van der Waals surface area contributed by atoms with Gasteiger partial charge in [0, 0.05) is 0 Å². The lowest BCUT2D eigenvalue weighted by Gasteiger charge is -2.44. The van der Waals surface area contributed by atoms with Crippen molar-refractivity contribution in [3.05, 3.63) is 121 Å². The molecule has 0 amide bonds. The van der Waals surface area contributed by atoms with Gasteiger partial charge in [-0.2, -0.15) is 23.5 Å². The van der Waals surface area contributed by atoms with E-state index in [9.17, 15) is 0 Å². The second-order valence-electron chi connectivity index (χ2n) is 15.5. The summed E-state index contributed by atoms with van der Waals surface area (Å²) in [5.41, 5.74) is 6.85. The van der Waals surface area contributed by atoms with E-state index in [2.05, 4.69) is 181 Å². The van der Waals surface area contributed by atoms with E-state index in [-0.39, 0.29) is 22.2 Å². The molecular formula is C43H61N3O2S2Si2. The minimum Gasteiger partial charge on any atom is -0.405 e. The summed E-state index contributed by atoms with van der Waals surface area (Å²) in [5, 5.41) is 8.50. The monoisotopic (exact) mass is 771 g/mol. The fraction of sp³-hybridized carbons (Fsp3) is 0.419. The first-order chi connectivity index (χ1) is 24.9. The molecule has 2 atom stereocenters. The number of hydrogen-bond donors (Lipinski definition) is 2.